The summed E-state index contributed by atoms with van der Waals surface area (Å²) in [4.78, 5) is 0. The summed E-state index contributed by atoms with van der Waals surface area (Å²) in [5.74, 6) is 1.36. The molecule has 1 aromatic carbocycles. The van der Waals surface area contributed by atoms with Crippen molar-refractivity contribution < 1.29 is 9.47 Å². The highest BCUT2D eigenvalue weighted by atomic mass is 79.9. The second kappa shape index (κ2) is 3.89. The number of halogens is 1. The zero-order chi connectivity index (χ0) is 12.0. The first-order valence-corrected chi connectivity index (χ1v) is 6.83. The first-order chi connectivity index (χ1) is 8.08. The van der Waals surface area contributed by atoms with Gasteiger partial charge in [-0.3, -0.25) is 0 Å². The number of hydrogen-bond donors (Lipinski definition) is 1. The molecule has 1 atom stereocenters. The second-order valence-electron chi connectivity index (χ2n) is 5.04. The van der Waals surface area contributed by atoms with Crippen LogP contribution in [0.15, 0.2) is 16.6 Å². The fourth-order valence-corrected chi connectivity index (χ4v) is 2.82. The normalized spacial score (nSPS) is 21.4. The standard InChI is InChI=1S/C13H16BrNO2/c1-8(15)5-9-6-11-12(7-10(9)14)17-13(16-11)3-2-4-13/h6-8H,2-5,15H2,1H3. The smallest absolute Gasteiger partial charge is 0.251 e. The van der Waals surface area contributed by atoms with E-state index in [1.165, 1.54) is 12.0 Å². The Morgan fingerprint density at radius 2 is 2.00 bits per heavy atom. The molecule has 1 spiro atoms. The van der Waals surface area contributed by atoms with E-state index in [1.807, 2.05) is 13.0 Å². The predicted octanol–water partition coefficient (Wildman–Crippen LogP) is 2.99. The third-order valence-electron chi connectivity index (χ3n) is 3.36. The SMILES string of the molecule is CC(N)Cc1cc2c(cc1Br)OC1(CCC1)O2. The summed E-state index contributed by atoms with van der Waals surface area (Å²) in [6.07, 6.45) is 4.00. The molecule has 2 N–H and O–H groups in total. The lowest BCUT2D eigenvalue weighted by atomic mass is 9.91. The number of nitrogens with two attached hydrogens (primary N) is 1. The van der Waals surface area contributed by atoms with Crippen LogP contribution in [-0.2, 0) is 6.42 Å². The minimum absolute atomic E-state index is 0.143. The molecule has 2 aliphatic rings. The van der Waals surface area contributed by atoms with Crippen molar-refractivity contribution in [2.24, 2.45) is 5.73 Å². The van der Waals surface area contributed by atoms with E-state index < -0.39 is 0 Å². The number of ether oxygens (including phenoxy) is 2. The largest absolute Gasteiger partial charge is 0.448 e. The van der Waals surface area contributed by atoms with E-state index in [9.17, 15) is 0 Å². The number of rotatable bonds is 2. The molecule has 0 aromatic heterocycles. The first kappa shape index (κ1) is 11.4. The van der Waals surface area contributed by atoms with Crippen LogP contribution in [0.4, 0.5) is 0 Å². The number of hydrogen-bond acceptors (Lipinski definition) is 3. The lowest BCUT2D eigenvalue weighted by molar-refractivity contribution is -0.138. The maximum atomic E-state index is 5.92. The van der Waals surface area contributed by atoms with E-state index in [4.69, 9.17) is 15.2 Å². The molecule has 1 saturated carbocycles. The maximum Gasteiger partial charge on any atom is 0.251 e. The second-order valence-corrected chi connectivity index (χ2v) is 5.89. The first-order valence-electron chi connectivity index (χ1n) is 6.04. The van der Waals surface area contributed by atoms with Gasteiger partial charge in [-0.15, -0.1) is 0 Å². The summed E-state index contributed by atoms with van der Waals surface area (Å²) in [6, 6.07) is 4.19. The van der Waals surface area contributed by atoms with Gasteiger partial charge in [0.15, 0.2) is 11.5 Å². The van der Waals surface area contributed by atoms with E-state index in [0.29, 0.717) is 0 Å². The summed E-state index contributed by atoms with van der Waals surface area (Å²) >= 11 is 3.56. The molecule has 1 aromatic rings. The molecule has 17 heavy (non-hydrogen) atoms. The van der Waals surface area contributed by atoms with Gasteiger partial charge in [-0.05, 0) is 37.5 Å². The molecule has 3 nitrogen and oxygen atoms in total. The molecule has 92 valence electrons. The fraction of sp³-hybridized carbons (Fsp3) is 0.538. The molecular formula is C13H16BrNO2. The Bertz CT molecular complexity index is 455. The highest BCUT2D eigenvalue weighted by Gasteiger charge is 2.47. The Morgan fingerprint density at radius 3 is 2.53 bits per heavy atom. The number of benzene rings is 1. The van der Waals surface area contributed by atoms with Gasteiger partial charge in [0.2, 0.25) is 0 Å². The highest BCUT2D eigenvalue weighted by Crippen LogP contribution is 2.49. The van der Waals surface area contributed by atoms with Gasteiger partial charge in [0.25, 0.3) is 5.79 Å². The van der Waals surface area contributed by atoms with Crippen LogP contribution in [-0.4, -0.2) is 11.8 Å². The van der Waals surface area contributed by atoms with Gasteiger partial charge < -0.3 is 15.2 Å². The van der Waals surface area contributed by atoms with Crippen LogP contribution in [0.5, 0.6) is 11.5 Å². The van der Waals surface area contributed by atoms with Crippen LogP contribution in [0.1, 0.15) is 31.7 Å². The third kappa shape index (κ3) is 1.93. The Kier molecular flexibility index (Phi) is 2.60. The van der Waals surface area contributed by atoms with Crippen LogP contribution in [0.3, 0.4) is 0 Å². The van der Waals surface area contributed by atoms with Gasteiger partial charge in [0, 0.05) is 23.4 Å². The molecule has 3 rings (SSSR count). The van der Waals surface area contributed by atoms with Gasteiger partial charge in [-0.1, -0.05) is 15.9 Å². The summed E-state index contributed by atoms with van der Waals surface area (Å²) < 4.78 is 12.9. The average molecular weight is 298 g/mol. The summed E-state index contributed by atoms with van der Waals surface area (Å²) in [7, 11) is 0. The van der Waals surface area contributed by atoms with Crippen molar-refractivity contribution in [1.29, 1.82) is 0 Å². The van der Waals surface area contributed by atoms with Crippen molar-refractivity contribution in [2.45, 2.75) is 44.4 Å². The van der Waals surface area contributed by atoms with E-state index in [0.717, 1.165) is 35.2 Å². The number of fused-ring (bicyclic) bond motifs is 1. The Balaban J connectivity index is 1.90. The van der Waals surface area contributed by atoms with Crippen LogP contribution in [0, 0.1) is 0 Å². The minimum atomic E-state index is -0.352. The Labute approximate surface area is 109 Å². The molecule has 1 aliphatic heterocycles. The summed E-state index contributed by atoms with van der Waals surface area (Å²) in [6.45, 7) is 2.00. The van der Waals surface area contributed by atoms with Crippen LogP contribution in [0.2, 0.25) is 0 Å². The topological polar surface area (TPSA) is 44.5 Å². The minimum Gasteiger partial charge on any atom is -0.448 e. The van der Waals surface area contributed by atoms with Crippen molar-refractivity contribution in [3.05, 3.63) is 22.2 Å². The lowest BCUT2D eigenvalue weighted by Crippen LogP contribution is -2.45. The molecule has 1 unspecified atom stereocenters. The van der Waals surface area contributed by atoms with Crippen LogP contribution >= 0.6 is 15.9 Å². The van der Waals surface area contributed by atoms with Gasteiger partial charge >= 0.3 is 0 Å². The van der Waals surface area contributed by atoms with Crippen molar-refractivity contribution in [2.75, 3.05) is 0 Å². The highest BCUT2D eigenvalue weighted by molar-refractivity contribution is 9.10. The predicted molar refractivity (Wildman–Crippen MR) is 69.3 cm³/mol. The van der Waals surface area contributed by atoms with Crippen molar-refractivity contribution in [3.63, 3.8) is 0 Å². The van der Waals surface area contributed by atoms with Gasteiger partial charge in [-0.25, -0.2) is 0 Å². The van der Waals surface area contributed by atoms with E-state index in [2.05, 4.69) is 22.0 Å². The maximum absolute atomic E-state index is 5.92. The van der Waals surface area contributed by atoms with Crippen molar-refractivity contribution >= 4 is 15.9 Å². The molecule has 1 aliphatic carbocycles. The van der Waals surface area contributed by atoms with Gasteiger partial charge in [0.1, 0.15) is 0 Å². The molecule has 0 bridgehead atoms. The Morgan fingerprint density at radius 1 is 1.35 bits per heavy atom. The van der Waals surface area contributed by atoms with Gasteiger partial charge in [-0.2, -0.15) is 0 Å². The van der Waals surface area contributed by atoms with Crippen LogP contribution < -0.4 is 15.2 Å². The third-order valence-corrected chi connectivity index (χ3v) is 4.10. The summed E-state index contributed by atoms with van der Waals surface area (Å²) in [5, 5.41) is 0. The molecule has 0 saturated heterocycles. The van der Waals surface area contributed by atoms with Gasteiger partial charge in [0.05, 0.1) is 0 Å². The summed E-state index contributed by atoms with van der Waals surface area (Å²) in [5.41, 5.74) is 7.02. The molecule has 1 fully saturated rings. The lowest BCUT2D eigenvalue weighted by Gasteiger charge is -2.35. The quantitative estimate of drug-likeness (QED) is 0.913. The average Bonchev–Trinajstić information content (AvgIpc) is 2.56. The molecule has 0 radical (unpaired) electrons. The van der Waals surface area contributed by atoms with Crippen molar-refractivity contribution in [1.82, 2.24) is 0 Å². The molecule has 1 heterocycles. The zero-order valence-corrected chi connectivity index (χ0v) is 11.4. The van der Waals surface area contributed by atoms with E-state index in [-0.39, 0.29) is 11.8 Å². The molecule has 4 heteroatoms. The van der Waals surface area contributed by atoms with E-state index in [1.54, 1.807) is 0 Å². The van der Waals surface area contributed by atoms with Crippen molar-refractivity contribution in [3.8, 4) is 11.5 Å². The fourth-order valence-electron chi connectivity index (χ4n) is 2.33. The molecular weight excluding hydrogens is 282 g/mol. The zero-order valence-electron chi connectivity index (χ0n) is 9.83. The monoisotopic (exact) mass is 297 g/mol. The van der Waals surface area contributed by atoms with Crippen LogP contribution in [0.25, 0.3) is 0 Å². The van der Waals surface area contributed by atoms with E-state index >= 15 is 0 Å². The molecule has 0 amide bonds. The Hall–Kier alpha value is -0.740.